The summed E-state index contributed by atoms with van der Waals surface area (Å²) in [5.74, 6) is 0.278. The third-order valence-electron chi connectivity index (χ3n) is 3.36. The van der Waals surface area contributed by atoms with Crippen LogP contribution in [0.1, 0.15) is 5.56 Å². The molecule has 0 spiro atoms. The second-order valence-electron chi connectivity index (χ2n) is 4.56. The Morgan fingerprint density at radius 2 is 1.95 bits per heavy atom. The van der Waals surface area contributed by atoms with E-state index in [-0.39, 0.29) is 17.0 Å². The van der Waals surface area contributed by atoms with E-state index in [1.807, 2.05) is 6.07 Å². The highest BCUT2D eigenvalue weighted by Gasteiger charge is 2.26. The second kappa shape index (κ2) is 5.22. The zero-order chi connectivity index (χ0) is 15.7. The van der Waals surface area contributed by atoms with E-state index >= 15 is 0 Å². The number of para-hydroxylation sites is 1. The van der Waals surface area contributed by atoms with Crippen molar-refractivity contribution in [2.45, 2.75) is 0 Å². The Balaban J connectivity index is 2.33. The molecule has 1 heterocycles. The van der Waals surface area contributed by atoms with Crippen molar-refractivity contribution in [3.05, 3.63) is 58.1 Å². The van der Waals surface area contributed by atoms with Crippen molar-refractivity contribution >= 4 is 16.9 Å². The summed E-state index contributed by atoms with van der Waals surface area (Å²) in [6.07, 6.45) is 0. The van der Waals surface area contributed by atoms with Gasteiger partial charge in [-0.25, -0.2) is 0 Å². The fourth-order valence-electron chi connectivity index (χ4n) is 2.36. The van der Waals surface area contributed by atoms with Crippen molar-refractivity contribution in [1.29, 1.82) is 5.26 Å². The van der Waals surface area contributed by atoms with Crippen molar-refractivity contribution in [2.75, 3.05) is 7.11 Å². The number of nitrogens with zero attached hydrogens (tertiary/aromatic N) is 2. The molecule has 108 valence electrons. The first kappa shape index (κ1) is 13.6. The molecule has 0 atom stereocenters. The van der Waals surface area contributed by atoms with Gasteiger partial charge >= 0.3 is 5.88 Å². The van der Waals surface area contributed by atoms with Crippen LogP contribution in [0.15, 0.2) is 46.9 Å². The molecule has 0 saturated carbocycles. The summed E-state index contributed by atoms with van der Waals surface area (Å²) in [4.78, 5) is 10.7. The smallest absolute Gasteiger partial charge is 0.442 e. The molecule has 0 radical (unpaired) electrons. The highest BCUT2D eigenvalue weighted by atomic mass is 16.6. The van der Waals surface area contributed by atoms with Crippen LogP contribution in [0.5, 0.6) is 5.75 Å². The number of fused-ring (bicyclic) bond motifs is 1. The van der Waals surface area contributed by atoms with E-state index in [0.717, 1.165) is 0 Å². The minimum absolute atomic E-state index is 0.225. The molecule has 6 heteroatoms. The number of methoxy groups -OCH3 is 1. The Kier molecular flexibility index (Phi) is 3.24. The molecule has 0 fully saturated rings. The Morgan fingerprint density at radius 1 is 1.23 bits per heavy atom. The summed E-state index contributed by atoms with van der Waals surface area (Å²) >= 11 is 0. The summed E-state index contributed by atoms with van der Waals surface area (Å²) in [6.45, 7) is 0. The van der Waals surface area contributed by atoms with Gasteiger partial charge in [0, 0.05) is 5.39 Å². The highest BCUT2D eigenvalue weighted by molar-refractivity contribution is 6.00. The quantitative estimate of drug-likeness (QED) is 0.540. The van der Waals surface area contributed by atoms with Gasteiger partial charge in [0.15, 0.2) is 5.58 Å². The maximum Gasteiger partial charge on any atom is 0.442 e. The van der Waals surface area contributed by atoms with Gasteiger partial charge in [0.25, 0.3) is 0 Å². The van der Waals surface area contributed by atoms with Crippen molar-refractivity contribution in [3.8, 4) is 22.9 Å². The average Bonchev–Trinajstić information content (AvgIpc) is 2.94. The molecule has 0 amide bonds. The standard InChI is InChI=1S/C16H10N2O4/c1-21-12-7-5-10(6-8-12)14-13-4-2-3-11(9-17)15(13)22-16(14)18(19)20/h2-8H,1H3. The van der Waals surface area contributed by atoms with Crippen LogP contribution in [0.3, 0.4) is 0 Å². The third kappa shape index (κ3) is 2.05. The number of benzene rings is 2. The number of nitro groups is 1. The van der Waals surface area contributed by atoms with Crippen LogP contribution in [0, 0.1) is 21.4 Å². The monoisotopic (exact) mass is 294 g/mol. The topological polar surface area (TPSA) is 89.3 Å². The largest absolute Gasteiger partial charge is 0.497 e. The molecular formula is C16H10N2O4. The SMILES string of the molecule is COc1ccc(-c2c([N+](=O)[O-])oc3c(C#N)cccc23)cc1. The lowest BCUT2D eigenvalue weighted by Gasteiger charge is -2.01. The van der Waals surface area contributed by atoms with Gasteiger partial charge in [-0.2, -0.15) is 5.26 Å². The Hall–Kier alpha value is -3.33. The van der Waals surface area contributed by atoms with Crippen LogP contribution in [0.4, 0.5) is 5.88 Å². The van der Waals surface area contributed by atoms with Gasteiger partial charge in [0.05, 0.1) is 12.7 Å². The third-order valence-corrected chi connectivity index (χ3v) is 3.36. The van der Waals surface area contributed by atoms with Crippen LogP contribution >= 0.6 is 0 Å². The number of hydrogen-bond donors (Lipinski definition) is 0. The van der Waals surface area contributed by atoms with Gasteiger partial charge in [-0.15, -0.1) is 0 Å². The molecule has 0 unspecified atom stereocenters. The average molecular weight is 294 g/mol. The molecule has 6 nitrogen and oxygen atoms in total. The molecule has 0 aliphatic rings. The van der Waals surface area contributed by atoms with E-state index < -0.39 is 4.92 Å². The molecule has 3 aromatic rings. The highest BCUT2D eigenvalue weighted by Crippen LogP contribution is 2.41. The summed E-state index contributed by atoms with van der Waals surface area (Å²) in [6, 6.07) is 13.8. The van der Waals surface area contributed by atoms with Crippen LogP contribution in [0.2, 0.25) is 0 Å². The molecule has 3 rings (SSSR count). The Morgan fingerprint density at radius 3 is 2.55 bits per heavy atom. The molecule has 1 aromatic heterocycles. The normalized spacial score (nSPS) is 10.4. The number of hydrogen-bond acceptors (Lipinski definition) is 5. The second-order valence-corrected chi connectivity index (χ2v) is 4.56. The van der Waals surface area contributed by atoms with Gasteiger partial charge in [0.2, 0.25) is 0 Å². The van der Waals surface area contributed by atoms with E-state index in [9.17, 15) is 10.1 Å². The zero-order valence-electron chi connectivity index (χ0n) is 11.6. The summed E-state index contributed by atoms with van der Waals surface area (Å²) < 4.78 is 10.4. The number of furan rings is 1. The van der Waals surface area contributed by atoms with Gasteiger partial charge in [0.1, 0.15) is 22.3 Å². The van der Waals surface area contributed by atoms with Gasteiger partial charge < -0.3 is 9.15 Å². The van der Waals surface area contributed by atoms with E-state index in [1.165, 1.54) is 0 Å². The minimum atomic E-state index is -0.583. The van der Waals surface area contributed by atoms with Crippen molar-refractivity contribution in [2.24, 2.45) is 0 Å². The Labute approximate surface area is 125 Å². The van der Waals surface area contributed by atoms with Crippen molar-refractivity contribution in [1.82, 2.24) is 0 Å². The van der Waals surface area contributed by atoms with E-state index in [4.69, 9.17) is 14.4 Å². The Bertz CT molecular complexity index is 904. The molecule has 0 aliphatic carbocycles. The van der Waals surface area contributed by atoms with Crippen LogP contribution < -0.4 is 4.74 Å². The van der Waals surface area contributed by atoms with Gasteiger partial charge in [-0.3, -0.25) is 10.1 Å². The molecule has 22 heavy (non-hydrogen) atoms. The maximum atomic E-state index is 11.3. The number of nitriles is 1. The fraction of sp³-hybridized carbons (Fsp3) is 0.0625. The van der Waals surface area contributed by atoms with Gasteiger partial charge in [-0.05, 0) is 23.8 Å². The predicted molar refractivity (Wildman–Crippen MR) is 79.6 cm³/mol. The molecular weight excluding hydrogens is 284 g/mol. The molecule has 0 bridgehead atoms. The van der Waals surface area contributed by atoms with Crippen LogP contribution in [-0.2, 0) is 0 Å². The van der Waals surface area contributed by atoms with E-state index in [0.29, 0.717) is 22.3 Å². The molecule has 0 aliphatic heterocycles. The van der Waals surface area contributed by atoms with E-state index in [1.54, 1.807) is 49.6 Å². The zero-order valence-corrected chi connectivity index (χ0v) is 11.6. The van der Waals surface area contributed by atoms with Gasteiger partial charge in [-0.1, -0.05) is 24.3 Å². The summed E-state index contributed by atoms with van der Waals surface area (Å²) in [5, 5.41) is 20.9. The maximum absolute atomic E-state index is 11.3. The number of rotatable bonds is 3. The van der Waals surface area contributed by atoms with E-state index in [2.05, 4.69) is 0 Å². The van der Waals surface area contributed by atoms with Crippen LogP contribution in [0.25, 0.3) is 22.1 Å². The predicted octanol–water partition coefficient (Wildman–Crippen LogP) is 3.89. The minimum Gasteiger partial charge on any atom is -0.497 e. The lowest BCUT2D eigenvalue weighted by molar-refractivity contribution is -0.400. The summed E-state index contributed by atoms with van der Waals surface area (Å²) in [5.41, 5.74) is 1.48. The molecule has 0 saturated heterocycles. The van der Waals surface area contributed by atoms with Crippen molar-refractivity contribution in [3.63, 3.8) is 0 Å². The molecule has 2 aromatic carbocycles. The summed E-state index contributed by atoms with van der Waals surface area (Å²) in [7, 11) is 1.55. The lowest BCUT2D eigenvalue weighted by Crippen LogP contribution is -1.88. The van der Waals surface area contributed by atoms with Crippen molar-refractivity contribution < 1.29 is 14.1 Å². The first-order valence-corrected chi connectivity index (χ1v) is 6.40. The lowest BCUT2D eigenvalue weighted by atomic mass is 10.0. The van der Waals surface area contributed by atoms with Crippen LogP contribution in [-0.4, -0.2) is 12.0 Å². The molecule has 0 N–H and O–H groups in total. The number of ether oxygens (including phenoxy) is 1. The fourth-order valence-corrected chi connectivity index (χ4v) is 2.36. The first-order valence-electron chi connectivity index (χ1n) is 6.40. The first-order chi connectivity index (χ1) is 10.7.